The summed E-state index contributed by atoms with van der Waals surface area (Å²) in [5, 5.41) is 0.551. The van der Waals surface area contributed by atoms with Crippen LogP contribution in [0.3, 0.4) is 0 Å². The summed E-state index contributed by atoms with van der Waals surface area (Å²) >= 11 is 1.43. The molecule has 3 rings (SSSR count). The first kappa shape index (κ1) is 23.1. The van der Waals surface area contributed by atoms with Crippen molar-refractivity contribution in [3.63, 3.8) is 0 Å². The molecule has 1 amide bonds. The third-order valence-corrected chi connectivity index (χ3v) is 5.69. The lowest BCUT2D eigenvalue weighted by Gasteiger charge is -2.21. The van der Waals surface area contributed by atoms with E-state index in [-0.39, 0.29) is 23.9 Å². The van der Waals surface area contributed by atoms with Crippen LogP contribution in [0.5, 0.6) is 5.75 Å². The van der Waals surface area contributed by atoms with Gasteiger partial charge in [0.2, 0.25) is 0 Å². The number of benzene rings is 2. The second-order valence-electron chi connectivity index (χ2n) is 6.85. The second kappa shape index (κ2) is 10.0. The van der Waals surface area contributed by atoms with Crippen molar-refractivity contribution in [2.24, 2.45) is 0 Å². The molecule has 0 fully saturated rings. The smallest absolute Gasteiger partial charge is 0.263 e. The number of rotatable bonds is 7. The molecule has 2 aromatic carbocycles. The maximum absolute atomic E-state index is 14.3. The number of halogens is 2. The van der Waals surface area contributed by atoms with Gasteiger partial charge in [0.25, 0.3) is 5.91 Å². The molecule has 1 heterocycles. The molecule has 0 radical (unpaired) electrons. The van der Waals surface area contributed by atoms with Gasteiger partial charge in [0.15, 0.2) is 5.13 Å². The lowest BCUT2D eigenvalue weighted by Crippen LogP contribution is -2.34. The summed E-state index contributed by atoms with van der Waals surface area (Å²) in [6.45, 7) is 3.26. The quantitative estimate of drug-likeness (QED) is 0.534. The first-order valence-corrected chi connectivity index (χ1v) is 9.89. The maximum atomic E-state index is 14.3. The van der Waals surface area contributed by atoms with Crippen LogP contribution >= 0.6 is 23.7 Å². The number of amides is 1. The van der Waals surface area contributed by atoms with Crippen molar-refractivity contribution in [2.75, 3.05) is 39.2 Å². The van der Waals surface area contributed by atoms with Gasteiger partial charge in [-0.3, -0.25) is 9.69 Å². The Morgan fingerprint density at radius 2 is 1.90 bits per heavy atom. The fourth-order valence-corrected chi connectivity index (χ4v) is 4.06. The number of aromatic nitrogens is 1. The number of carbonyl (C=O) groups excluding carboxylic acids is 1. The Hall–Kier alpha value is -2.22. The molecule has 5 nitrogen and oxygen atoms in total. The van der Waals surface area contributed by atoms with Crippen molar-refractivity contribution < 1.29 is 13.9 Å². The second-order valence-corrected chi connectivity index (χ2v) is 7.83. The molecule has 3 aromatic rings. The average Bonchev–Trinajstić information content (AvgIpc) is 3.11. The van der Waals surface area contributed by atoms with Crippen LogP contribution in [0.4, 0.5) is 9.52 Å². The highest BCUT2D eigenvalue weighted by molar-refractivity contribution is 7.22. The van der Waals surface area contributed by atoms with Gasteiger partial charge < -0.3 is 9.64 Å². The van der Waals surface area contributed by atoms with Crippen molar-refractivity contribution >= 4 is 45.0 Å². The Balaban J connectivity index is 0.00000300. The first-order chi connectivity index (χ1) is 13.4. The standard InChI is InChI=1S/C21H24FN3O2S.ClH/c1-14-10-11-17(27-4)18-19(14)28-21(23-18)25(13-7-12-24(2)3)20(26)15-8-5-6-9-16(15)22;/h5-6,8-11H,7,12-13H2,1-4H3;1H. The molecule has 0 N–H and O–H groups in total. The summed E-state index contributed by atoms with van der Waals surface area (Å²) in [5.41, 5.74) is 1.84. The SMILES string of the molecule is COc1ccc(C)c2sc(N(CCCN(C)C)C(=O)c3ccccc3F)nc12.Cl. The number of methoxy groups -OCH3 is 1. The lowest BCUT2D eigenvalue weighted by atomic mass is 10.2. The van der Waals surface area contributed by atoms with Crippen LogP contribution in [0.25, 0.3) is 10.2 Å². The minimum Gasteiger partial charge on any atom is -0.494 e. The maximum Gasteiger partial charge on any atom is 0.263 e. The molecular weight excluding hydrogens is 413 g/mol. The van der Waals surface area contributed by atoms with Gasteiger partial charge >= 0.3 is 0 Å². The Morgan fingerprint density at radius 3 is 2.55 bits per heavy atom. The van der Waals surface area contributed by atoms with Gasteiger partial charge in [-0.05, 0) is 57.7 Å². The number of carbonyl (C=O) groups is 1. The van der Waals surface area contributed by atoms with E-state index >= 15 is 0 Å². The van der Waals surface area contributed by atoms with E-state index in [0.717, 1.165) is 28.7 Å². The summed E-state index contributed by atoms with van der Waals surface area (Å²) in [7, 11) is 5.56. The topological polar surface area (TPSA) is 45.7 Å². The van der Waals surface area contributed by atoms with Crippen molar-refractivity contribution in [3.8, 4) is 5.75 Å². The van der Waals surface area contributed by atoms with Crippen LogP contribution in [-0.2, 0) is 0 Å². The van der Waals surface area contributed by atoms with Crippen LogP contribution in [0, 0.1) is 12.7 Å². The highest BCUT2D eigenvalue weighted by Crippen LogP contribution is 2.37. The summed E-state index contributed by atoms with van der Waals surface area (Å²) < 4.78 is 20.7. The molecule has 8 heteroatoms. The zero-order chi connectivity index (χ0) is 20.3. The fourth-order valence-electron chi connectivity index (χ4n) is 2.99. The van der Waals surface area contributed by atoms with Crippen LogP contribution in [0.1, 0.15) is 22.3 Å². The summed E-state index contributed by atoms with van der Waals surface area (Å²) in [6, 6.07) is 9.90. The fraction of sp³-hybridized carbons (Fsp3) is 0.333. The van der Waals surface area contributed by atoms with Gasteiger partial charge in [0, 0.05) is 6.54 Å². The molecule has 0 saturated heterocycles. The zero-order valence-corrected chi connectivity index (χ0v) is 18.6. The van der Waals surface area contributed by atoms with E-state index in [0.29, 0.717) is 17.4 Å². The monoisotopic (exact) mass is 437 g/mol. The molecular formula is C21H25ClFN3O2S. The van der Waals surface area contributed by atoms with Crippen molar-refractivity contribution in [3.05, 3.63) is 53.3 Å². The molecule has 0 spiro atoms. The Labute approximate surface area is 180 Å². The number of thiazole rings is 1. The minimum absolute atomic E-state index is 0. The Morgan fingerprint density at radius 1 is 1.17 bits per heavy atom. The highest BCUT2D eigenvalue weighted by atomic mass is 35.5. The van der Waals surface area contributed by atoms with Crippen molar-refractivity contribution in [1.29, 1.82) is 0 Å². The average molecular weight is 438 g/mol. The van der Waals surface area contributed by atoms with E-state index in [9.17, 15) is 9.18 Å². The molecule has 1 aromatic heterocycles. The molecule has 0 unspecified atom stereocenters. The third kappa shape index (κ3) is 5.04. The molecule has 0 aliphatic rings. The zero-order valence-electron chi connectivity index (χ0n) is 16.9. The van der Waals surface area contributed by atoms with Gasteiger partial charge in [0.1, 0.15) is 17.1 Å². The van der Waals surface area contributed by atoms with Gasteiger partial charge in [-0.25, -0.2) is 9.37 Å². The molecule has 156 valence electrons. The van der Waals surface area contributed by atoms with Crippen LogP contribution in [0.15, 0.2) is 36.4 Å². The molecule has 0 saturated carbocycles. The van der Waals surface area contributed by atoms with Crippen LogP contribution in [-0.4, -0.2) is 50.1 Å². The van der Waals surface area contributed by atoms with Gasteiger partial charge in [-0.2, -0.15) is 0 Å². The van der Waals surface area contributed by atoms with Crippen molar-refractivity contribution in [1.82, 2.24) is 9.88 Å². The van der Waals surface area contributed by atoms with Crippen molar-refractivity contribution in [2.45, 2.75) is 13.3 Å². The molecule has 0 aliphatic carbocycles. The number of nitrogens with zero attached hydrogens (tertiary/aromatic N) is 3. The number of fused-ring (bicyclic) bond motifs is 1. The van der Waals surface area contributed by atoms with E-state index in [1.807, 2.05) is 33.2 Å². The van der Waals surface area contributed by atoms with Crippen LogP contribution in [0.2, 0.25) is 0 Å². The number of anilines is 1. The van der Waals surface area contributed by atoms with Gasteiger partial charge in [-0.1, -0.05) is 29.5 Å². The number of hydrogen-bond donors (Lipinski definition) is 0. The number of hydrogen-bond acceptors (Lipinski definition) is 5. The Bertz CT molecular complexity index is 993. The predicted octanol–water partition coefficient (Wildman–Crippen LogP) is 4.77. The summed E-state index contributed by atoms with van der Waals surface area (Å²) in [5.74, 6) is -0.248. The van der Waals surface area contributed by atoms with E-state index in [1.54, 1.807) is 24.1 Å². The van der Waals surface area contributed by atoms with E-state index in [4.69, 9.17) is 4.74 Å². The first-order valence-electron chi connectivity index (χ1n) is 9.07. The normalized spacial score (nSPS) is 10.8. The van der Waals surface area contributed by atoms with Gasteiger partial charge in [-0.15, -0.1) is 12.4 Å². The molecule has 0 aliphatic heterocycles. The largest absolute Gasteiger partial charge is 0.494 e. The van der Waals surface area contributed by atoms with Crippen LogP contribution < -0.4 is 9.64 Å². The molecule has 29 heavy (non-hydrogen) atoms. The summed E-state index contributed by atoms with van der Waals surface area (Å²) in [4.78, 5) is 21.5. The Kier molecular flexibility index (Phi) is 7.96. The molecule has 0 bridgehead atoms. The molecule has 0 atom stereocenters. The third-order valence-electron chi connectivity index (χ3n) is 4.48. The van der Waals surface area contributed by atoms with E-state index in [1.165, 1.54) is 23.5 Å². The number of aryl methyl sites for hydroxylation is 1. The predicted molar refractivity (Wildman–Crippen MR) is 119 cm³/mol. The highest BCUT2D eigenvalue weighted by Gasteiger charge is 2.24. The summed E-state index contributed by atoms with van der Waals surface area (Å²) in [6.07, 6.45) is 0.749. The van der Waals surface area contributed by atoms with E-state index < -0.39 is 5.82 Å². The van der Waals surface area contributed by atoms with Gasteiger partial charge in [0.05, 0.1) is 17.4 Å². The lowest BCUT2D eigenvalue weighted by molar-refractivity contribution is 0.0982. The number of ether oxygens (including phenoxy) is 1. The van der Waals surface area contributed by atoms with E-state index in [2.05, 4.69) is 9.88 Å². The minimum atomic E-state index is -0.528.